The number of carbonyl (C=O) groups is 2. The minimum Gasteiger partial charge on any atom is -0.487 e. The van der Waals surface area contributed by atoms with Gasteiger partial charge in [-0.15, -0.1) is 0 Å². The number of carbonyl (C=O) groups excluding carboxylic acids is 1. The normalized spacial score (nSPS) is 14.6. The molecule has 0 bridgehead atoms. The molecule has 1 unspecified atom stereocenters. The van der Waals surface area contributed by atoms with E-state index in [0.717, 1.165) is 22.6 Å². The quantitative estimate of drug-likeness (QED) is 0.278. The maximum atomic E-state index is 12.7. The Labute approximate surface area is 243 Å². The summed E-state index contributed by atoms with van der Waals surface area (Å²) in [6, 6.07) is 18.6. The van der Waals surface area contributed by atoms with Gasteiger partial charge in [-0.25, -0.2) is 9.78 Å². The van der Waals surface area contributed by atoms with E-state index >= 15 is 0 Å². The summed E-state index contributed by atoms with van der Waals surface area (Å²) in [6.07, 6.45) is 1.01. The zero-order chi connectivity index (χ0) is 29.4. The molecule has 1 aliphatic rings. The largest absolute Gasteiger partial charge is 0.487 e. The molecule has 1 fully saturated rings. The molecule has 1 atom stereocenters. The summed E-state index contributed by atoms with van der Waals surface area (Å²) >= 11 is 6.08. The van der Waals surface area contributed by atoms with Crippen molar-refractivity contribution in [2.45, 2.75) is 39.9 Å². The number of benzene rings is 2. The Morgan fingerprint density at radius 2 is 1.90 bits per heavy atom. The third-order valence-corrected chi connectivity index (χ3v) is 6.54. The molecule has 1 saturated heterocycles. The van der Waals surface area contributed by atoms with Crippen molar-refractivity contribution in [2.75, 3.05) is 19.7 Å². The Hall–Kier alpha value is -4.21. The number of aromatic nitrogens is 2. The molecule has 0 aliphatic carbocycles. The predicted molar refractivity (Wildman–Crippen MR) is 154 cm³/mol. The monoisotopic (exact) mass is 577 g/mol. The van der Waals surface area contributed by atoms with Gasteiger partial charge in [0.1, 0.15) is 23.8 Å². The number of oxazole rings is 1. The molecule has 1 N–H and O–H groups in total. The van der Waals surface area contributed by atoms with Crippen LogP contribution in [0.15, 0.2) is 71.3 Å². The first-order valence-corrected chi connectivity index (χ1v) is 13.8. The van der Waals surface area contributed by atoms with Gasteiger partial charge in [0.05, 0.1) is 24.4 Å². The summed E-state index contributed by atoms with van der Waals surface area (Å²) in [4.78, 5) is 34.4. The van der Waals surface area contributed by atoms with Crippen LogP contribution in [0.25, 0.3) is 11.3 Å². The minimum absolute atomic E-state index is 0.00605. The highest BCUT2D eigenvalue weighted by molar-refractivity contribution is 6.30. The molecular formula is C31H32ClN3O6. The molecule has 2 aromatic heterocycles. The van der Waals surface area contributed by atoms with Gasteiger partial charge < -0.3 is 23.9 Å². The summed E-state index contributed by atoms with van der Waals surface area (Å²) in [5.74, 6) is 0.650. The molecule has 1 amide bonds. The summed E-state index contributed by atoms with van der Waals surface area (Å²) in [5.41, 5.74) is 3.74. The van der Waals surface area contributed by atoms with E-state index in [1.54, 1.807) is 12.1 Å². The topological polar surface area (TPSA) is 115 Å². The lowest BCUT2D eigenvalue weighted by atomic mass is 10.1. The Bertz CT molecular complexity index is 1470. The van der Waals surface area contributed by atoms with E-state index in [1.807, 2.05) is 69.3 Å². The van der Waals surface area contributed by atoms with Crippen LogP contribution >= 0.6 is 11.6 Å². The number of hydrogen-bond acceptors (Lipinski definition) is 7. The number of morpholine rings is 1. The Balaban J connectivity index is 0.00000189. The van der Waals surface area contributed by atoms with E-state index in [1.165, 1.54) is 11.1 Å². The third kappa shape index (κ3) is 7.71. The van der Waals surface area contributed by atoms with Crippen LogP contribution in [0.1, 0.15) is 47.1 Å². The van der Waals surface area contributed by atoms with Crippen LogP contribution in [0.3, 0.4) is 0 Å². The molecule has 0 saturated carbocycles. The van der Waals surface area contributed by atoms with Gasteiger partial charge in [-0.05, 0) is 61.0 Å². The smallest absolute Gasteiger partial charge is 0.334 e. The number of carboxylic acid groups (broad SMARTS) is 1. The molecule has 3 heterocycles. The van der Waals surface area contributed by atoms with E-state index in [0.29, 0.717) is 40.9 Å². The lowest BCUT2D eigenvalue weighted by molar-refractivity contribution is -0.154. The van der Waals surface area contributed by atoms with Crippen molar-refractivity contribution >= 4 is 23.5 Å². The first-order valence-electron chi connectivity index (χ1n) is 13.4. The molecule has 1 aliphatic heterocycles. The Morgan fingerprint density at radius 3 is 2.59 bits per heavy atom. The second-order valence-electron chi connectivity index (χ2n) is 9.12. The predicted octanol–water partition coefficient (Wildman–Crippen LogP) is 5.82. The number of pyridine rings is 1. The Kier molecular flexibility index (Phi) is 10.1. The fourth-order valence-electron chi connectivity index (χ4n) is 4.28. The molecule has 41 heavy (non-hydrogen) atoms. The van der Waals surface area contributed by atoms with Gasteiger partial charge in [0.25, 0.3) is 5.91 Å². The van der Waals surface area contributed by atoms with Crippen LogP contribution in [0.2, 0.25) is 5.02 Å². The highest BCUT2D eigenvalue weighted by atomic mass is 35.5. The molecule has 0 radical (unpaired) electrons. The van der Waals surface area contributed by atoms with Gasteiger partial charge in [0.2, 0.25) is 0 Å². The van der Waals surface area contributed by atoms with E-state index in [-0.39, 0.29) is 25.7 Å². The van der Waals surface area contributed by atoms with Crippen LogP contribution < -0.4 is 4.74 Å². The summed E-state index contributed by atoms with van der Waals surface area (Å²) in [5, 5.41) is 9.82. The highest BCUT2D eigenvalue weighted by Gasteiger charge is 2.29. The first kappa shape index (κ1) is 29.8. The molecule has 2 aromatic carbocycles. The number of rotatable bonds is 8. The van der Waals surface area contributed by atoms with Crippen molar-refractivity contribution in [2.24, 2.45) is 0 Å². The molecule has 4 aromatic rings. The van der Waals surface area contributed by atoms with Gasteiger partial charge in [0, 0.05) is 29.7 Å². The van der Waals surface area contributed by atoms with Gasteiger partial charge >= 0.3 is 5.97 Å². The molecule has 10 heteroatoms. The van der Waals surface area contributed by atoms with E-state index in [4.69, 9.17) is 30.6 Å². The third-order valence-electron chi connectivity index (χ3n) is 6.30. The maximum Gasteiger partial charge on any atom is 0.334 e. The SMILES string of the molecule is CC.Cc1oc(Cc2cccc(Cl)c2)nc1-c1ccc(OCc2ccc(C(=O)N3CCOC(C(=O)O)C3)cn2)cc1. The highest BCUT2D eigenvalue weighted by Crippen LogP contribution is 2.27. The summed E-state index contributed by atoms with van der Waals surface area (Å²) in [6.45, 7) is 6.63. The van der Waals surface area contributed by atoms with Crippen LogP contribution in [0.5, 0.6) is 5.75 Å². The van der Waals surface area contributed by atoms with Crippen LogP contribution in [0, 0.1) is 6.92 Å². The fourth-order valence-corrected chi connectivity index (χ4v) is 4.50. The van der Waals surface area contributed by atoms with Crippen LogP contribution in [-0.2, 0) is 22.6 Å². The van der Waals surface area contributed by atoms with Crippen molar-refractivity contribution in [1.82, 2.24) is 14.9 Å². The number of nitrogens with zero attached hydrogens (tertiary/aromatic N) is 3. The second kappa shape index (κ2) is 13.9. The number of hydrogen-bond donors (Lipinski definition) is 1. The number of aryl methyl sites for hydroxylation is 1. The average molecular weight is 578 g/mol. The number of halogens is 1. The number of carboxylic acids is 1. The average Bonchev–Trinajstić information content (AvgIpc) is 3.36. The molecule has 5 rings (SSSR count). The van der Waals surface area contributed by atoms with Gasteiger partial charge in [0.15, 0.2) is 12.0 Å². The first-order chi connectivity index (χ1) is 19.9. The van der Waals surface area contributed by atoms with Crippen molar-refractivity contribution in [3.05, 3.63) is 100 Å². The zero-order valence-corrected chi connectivity index (χ0v) is 23.9. The van der Waals surface area contributed by atoms with Crippen molar-refractivity contribution in [3.63, 3.8) is 0 Å². The molecule has 9 nitrogen and oxygen atoms in total. The van der Waals surface area contributed by atoms with Gasteiger partial charge in [-0.1, -0.05) is 37.6 Å². The Morgan fingerprint density at radius 1 is 1.12 bits per heavy atom. The lowest BCUT2D eigenvalue weighted by Gasteiger charge is -2.30. The van der Waals surface area contributed by atoms with Gasteiger partial charge in [-0.2, -0.15) is 0 Å². The zero-order valence-electron chi connectivity index (χ0n) is 23.2. The van der Waals surface area contributed by atoms with E-state index in [2.05, 4.69) is 9.97 Å². The maximum absolute atomic E-state index is 12.7. The van der Waals surface area contributed by atoms with Crippen LogP contribution in [-0.4, -0.2) is 57.7 Å². The van der Waals surface area contributed by atoms with E-state index < -0.39 is 12.1 Å². The number of ether oxygens (including phenoxy) is 2. The van der Waals surface area contributed by atoms with Crippen LogP contribution in [0.4, 0.5) is 0 Å². The fraction of sp³-hybridized carbons (Fsp3) is 0.290. The van der Waals surface area contributed by atoms with Crippen molar-refractivity contribution < 1.29 is 28.6 Å². The lowest BCUT2D eigenvalue weighted by Crippen LogP contribution is -2.48. The van der Waals surface area contributed by atoms with Crippen molar-refractivity contribution in [3.8, 4) is 17.0 Å². The summed E-state index contributed by atoms with van der Waals surface area (Å²) in [7, 11) is 0. The molecule has 0 spiro atoms. The second-order valence-corrected chi connectivity index (χ2v) is 9.56. The minimum atomic E-state index is -1.08. The summed E-state index contributed by atoms with van der Waals surface area (Å²) < 4.78 is 16.9. The number of amides is 1. The standard InChI is InChI=1S/C29H26ClN3O6.C2H6/c1-18-27(32-26(39-18)14-19-3-2-4-22(30)13-19)20-6-9-24(10-7-20)38-17-23-8-5-21(15-31-23)28(34)33-11-12-37-25(16-33)29(35)36;1-2/h2-10,13,15,25H,11-12,14,16-17H2,1H3,(H,35,36);1-2H3. The molecular weight excluding hydrogens is 546 g/mol. The number of aliphatic carboxylic acids is 1. The van der Waals surface area contributed by atoms with E-state index in [9.17, 15) is 9.59 Å². The van der Waals surface area contributed by atoms with Gasteiger partial charge in [-0.3, -0.25) is 9.78 Å². The molecule has 214 valence electrons. The van der Waals surface area contributed by atoms with Crippen molar-refractivity contribution in [1.29, 1.82) is 0 Å².